The highest BCUT2D eigenvalue weighted by Crippen LogP contribution is 2.63. The Kier molecular flexibility index (Phi) is 3.37. The Morgan fingerprint density at radius 3 is 2.76 bits per heavy atom. The summed E-state index contributed by atoms with van der Waals surface area (Å²) in [6.07, 6.45) is 5.16. The van der Waals surface area contributed by atoms with Gasteiger partial charge in [0.05, 0.1) is 5.41 Å². The Labute approximate surface area is 131 Å². The largest absolute Gasteiger partial charge is 0.351 e. The highest BCUT2D eigenvalue weighted by Gasteiger charge is 2.67. The SMILES string of the molecule is CC1(C(=O)NCc2ccc(-n3cncn3)nc2)CC1(Cl)Cl. The minimum absolute atomic E-state index is 0.146. The molecule has 0 aliphatic heterocycles. The minimum Gasteiger partial charge on any atom is -0.351 e. The highest BCUT2D eigenvalue weighted by molar-refractivity contribution is 6.53. The Hall–Kier alpha value is -1.66. The van der Waals surface area contributed by atoms with Gasteiger partial charge in [0.2, 0.25) is 5.91 Å². The second-order valence-corrected chi connectivity index (χ2v) is 6.74. The van der Waals surface area contributed by atoms with Crippen LogP contribution in [0.3, 0.4) is 0 Å². The second kappa shape index (κ2) is 4.96. The van der Waals surface area contributed by atoms with E-state index in [0.29, 0.717) is 18.8 Å². The Bertz CT molecular complexity index is 656. The van der Waals surface area contributed by atoms with Crippen LogP contribution in [-0.2, 0) is 11.3 Å². The highest BCUT2D eigenvalue weighted by atomic mass is 35.5. The molecule has 6 nitrogen and oxygen atoms in total. The van der Waals surface area contributed by atoms with Gasteiger partial charge in [-0.2, -0.15) is 5.10 Å². The number of hydrogen-bond acceptors (Lipinski definition) is 4. The molecular weight excluding hydrogens is 313 g/mol. The maximum atomic E-state index is 12.0. The van der Waals surface area contributed by atoms with Crippen molar-refractivity contribution >= 4 is 29.1 Å². The Morgan fingerprint density at radius 2 is 2.24 bits per heavy atom. The molecule has 0 bridgehead atoms. The first kappa shape index (κ1) is 14.3. The quantitative estimate of drug-likeness (QED) is 0.871. The summed E-state index contributed by atoms with van der Waals surface area (Å²) in [6.45, 7) is 2.14. The van der Waals surface area contributed by atoms with E-state index >= 15 is 0 Å². The number of halogens is 2. The van der Waals surface area contributed by atoms with E-state index in [1.807, 2.05) is 12.1 Å². The number of pyridine rings is 1. The van der Waals surface area contributed by atoms with Gasteiger partial charge in [-0.15, -0.1) is 23.2 Å². The third-order valence-corrected chi connectivity index (χ3v) is 4.78. The molecule has 0 radical (unpaired) electrons. The molecule has 21 heavy (non-hydrogen) atoms. The van der Waals surface area contributed by atoms with E-state index in [0.717, 1.165) is 5.56 Å². The zero-order valence-corrected chi connectivity index (χ0v) is 12.8. The smallest absolute Gasteiger partial charge is 0.229 e. The summed E-state index contributed by atoms with van der Waals surface area (Å²) in [7, 11) is 0. The molecule has 0 aromatic carbocycles. The third kappa shape index (κ3) is 2.61. The lowest BCUT2D eigenvalue weighted by atomic mass is 10.1. The predicted molar refractivity (Wildman–Crippen MR) is 78.2 cm³/mol. The van der Waals surface area contributed by atoms with E-state index < -0.39 is 9.75 Å². The number of hydrogen-bond donors (Lipinski definition) is 1. The van der Waals surface area contributed by atoms with Crippen molar-refractivity contribution in [2.45, 2.75) is 24.2 Å². The fraction of sp³-hybridized carbons (Fsp3) is 0.385. The van der Waals surface area contributed by atoms with E-state index in [2.05, 4.69) is 20.4 Å². The zero-order chi connectivity index (χ0) is 15.1. The maximum Gasteiger partial charge on any atom is 0.229 e. The molecule has 1 aliphatic carbocycles. The topological polar surface area (TPSA) is 72.7 Å². The number of carbonyl (C=O) groups is 1. The predicted octanol–water partition coefficient (Wildman–Crippen LogP) is 1.86. The van der Waals surface area contributed by atoms with Gasteiger partial charge in [0.15, 0.2) is 5.82 Å². The number of carbonyl (C=O) groups excluding carboxylic acids is 1. The maximum absolute atomic E-state index is 12.0. The lowest BCUT2D eigenvalue weighted by Crippen LogP contribution is -2.32. The van der Waals surface area contributed by atoms with E-state index in [-0.39, 0.29) is 5.91 Å². The van der Waals surface area contributed by atoms with Gasteiger partial charge in [0.25, 0.3) is 0 Å². The van der Waals surface area contributed by atoms with Crippen LogP contribution in [0.4, 0.5) is 0 Å². The van der Waals surface area contributed by atoms with Crippen molar-refractivity contribution in [1.29, 1.82) is 0 Å². The molecule has 2 aromatic rings. The Balaban J connectivity index is 1.60. The molecule has 0 spiro atoms. The van der Waals surface area contributed by atoms with E-state index in [9.17, 15) is 4.79 Å². The van der Waals surface area contributed by atoms with Crippen molar-refractivity contribution in [2.75, 3.05) is 0 Å². The van der Waals surface area contributed by atoms with Crippen molar-refractivity contribution in [2.24, 2.45) is 5.41 Å². The van der Waals surface area contributed by atoms with Crippen molar-refractivity contribution in [3.8, 4) is 5.82 Å². The molecule has 1 N–H and O–H groups in total. The summed E-state index contributed by atoms with van der Waals surface area (Å²) < 4.78 is 0.606. The summed E-state index contributed by atoms with van der Waals surface area (Å²) in [4.78, 5) is 20.2. The molecule has 2 heterocycles. The van der Waals surface area contributed by atoms with E-state index in [1.165, 1.54) is 6.33 Å². The second-order valence-electron chi connectivity index (χ2n) is 5.26. The van der Waals surface area contributed by atoms with Crippen LogP contribution in [0, 0.1) is 5.41 Å². The minimum atomic E-state index is -0.952. The van der Waals surface area contributed by atoms with Crippen LogP contribution in [-0.4, -0.2) is 30.0 Å². The lowest BCUT2D eigenvalue weighted by molar-refractivity contribution is -0.125. The summed E-state index contributed by atoms with van der Waals surface area (Å²) in [5.41, 5.74) is 0.177. The van der Waals surface area contributed by atoms with Gasteiger partial charge in [0, 0.05) is 12.7 Å². The van der Waals surface area contributed by atoms with E-state index in [4.69, 9.17) is 23.2 Å². The van der Waals surface area contributed by atoms with Gasteiger partial charge in [-0.25, -0.2) is 14.6 Å². The van der Waals surface area contributed by atoms with Crippen molar-refractivity contribution in [3.63, 3.8) is 0 Å². The molecule has 8 heteroatoms. The fourth-order valence-corrected chi connectivity index (χ4v) is 2.71. The number of alkyl halides is 2. The molecule has 0 saturated heterocycles. The molecule has 1 amide bonds. The molecule has 1 saturated carbocycles. The van der Waals surface area contributed by atoms with E-state index in [1.54, 1.807) is 24.1 Å². The van der Waals surface area contributed by atoms with Crippen LogP contribution in [0.2, 0.25) is 0 Å². The number of nitrogens with zero attached hydrogens (tertiary/aromatic N) is 4. The van der Waals surface area contributed by atoms with Gasteiger partial charge in [-0.1, -0.05) is 6.07 Å². The summed E-state index contributed by atoms with van der Waals surface area (Å²) in [5, 5.41) is 6.82. The standard InChI is InChI=1S/C13H13Cl2N5O/c1-12(6-13(12,14)15)11(21)18-5-9-2-3-10(17-4-9)20-8-16-7-19-20/h2-4,7-8H,5-6H2,1H3,(H,18,21). The first-order valence-corrected chi connectivity index (χ1v) is 7.14. The van der Waals surface area contributed by atoms with Gasteiger partial charge in [0.1, 0.15) is 17.0 Å². The summed E-state index contributed by atoms with van der Waals surface area (Å²) >= 11 is 12.0. The van der Waals surface area contributed by atoms with Crippen molar-refractivity contribution in [3.05, 3.63) is 36.5 Å². The number of aromatic nitrogens is 4. The van der Waals surface area contributed by atoms with Crippen molar-refractivity contribution in [1.82, 2.24) is 25.1 Å². The van der Waals surface area contributed by atoms with Crippen LogP contribution in [0.1, 0.15) is 18.9 Å². The third-order valence-electron chi connectivity index (χ3n) is 3.67. The normalized spacial score (nSPS) is 22.8. The van der Waals surface area contributed by atoms with Crippen LogP contribution in [0.5, 0.6) is 0 Å². The summed E-state index contributed by atoms with van der Waals surface area (Å²) in [6, 6.07) is 3.68. The van der Waals surface area contributed by atoms with Gasteiger partial charge in [-0.3, -0.25) is 4.79 Å². The number of amides is 1. The summed E-state index contributed by atoms with van der Waals surface area (Å²) in [5.74, 6) is 0.519. The van der Waals surface area contributed by atoms with Gasteiger partial charge in [-0.05, 0) is 25.0 Å². The first-order valence-electron chi connectivity index (χ1n) is 6.38. The number of rotatable bonds is 4. The van der Waals surface area contributed by atoms with Gasteiger partial charge < -0.3 is 5.32 Å². The van der Waals surface area contributed by atoms with Crippen molar-refractivity contribution < 1.29 is 4.79 Å². The molecule has 1 fully saturated rings. The van der Waals surface area contributed by atoms with Crippen LogP contribution < -0.4 is 5.32 Å². The average molecular weight is 326 g/mol. The Morgan fingerprint density at radius 1 is 1.48 bits per heavy atom. The molecule has 110 valence electrons. The molecule has 2 aromatic heterocycles. The molecule has 1 aliphatic rings. The average Bonchev–Trinajstić information content (AvgIpc) is 2.87. The molecule has 1 atom stereocenters. The first-order chi connectivity index (χ1) is 9.92. The molecule has 3 rings (SSSR count). The van der Waals surface area contributed by atoms with Crippen LogP contribution in [0.15, 0.2) is 31.0 Å². The number of nitrogens with one attached hydrogen (secondary N) is 1. The molecular formula is C13H13Cl2N5O. The van der Waals surface area contributed by atoms with Gasteiger partial charge >= 0.3 is 0 Å². The monoisotopic (exact) mass is 325 g/mol. The van der Waals surface area contributed by atoms with Crippen LogP contribution >= 0.6 is 23.2 Å². The molecule has 1 unspecified atom stereocenters. The fourth-order valence-electron chi connectivity index (χ4n) is 2.01. The lowest BCUT2D eigenvalue weighted by Gasteiger charge is -2.12. The zero-order valence-electron chi connectivity index (χ0n) is 11.3. The van der Waals surface area contributed by atoms with Crippen LogP contribution in [0.25, 0.3) is 5.82 Å².